The lowest BCUT2D eigenvalue weighted by Crippen LogP contribution is -2.66. The van der Waals surface area contributed by atoms with Crippen molar-refractivity contribution in [2.75, 3.05) is 34.0 Å². The molecular weight excluding hydrogens is 1500 g/mol. The quantitative estimate of drug-likeness (QED) is 0.0298. The fourth-order valence-corrected chi connectivity index (χ4v) is 15.2. The molecule has 10 aromatic rings. The first-order valence-electron chi connectivity index (χ1n) is 38.0. The minimum atomic E-state index is -1.68. The minimum Gasteiger partial charge on any atom is -0.491 e. The lowest BCUT2D eigenvalue weighted by atomic mass is 9.71. The van der Waals surface area contributed by atoms with Gasteiger partial charge < -0.3 is 66.4 Å². The first kappa shape index (κ1) is 85.7. The largest absolute Gasteiger partial charge is 0.491 e. The summed E-state index contributed by atoms with van der Waals surface area (Å²) in [6.45, 7) is 13.2. The van der Waals surface area contributed by atoms with Crippen molar-refractivity contribution in [1.29, 1.82) is 0 Å². The lowest BCUT2D eigenvalue weighted by Gasteiger charge is -2.54. The summed E-state index contributed by atoms with van der Waals surface area (Å²) < 4.78 is 146. The van der Waals surface area contributed by atoms with Gasteiger partial charge in [0.25, 0.3) is 0 Å². The molecule has 0 amide bonds. The zero-order valence-electron chi connectivity index (χ0n) is 65.2. The van der Waals surface area contributed by atoms with Crippen molar-refractivity contribution in [3.63, 3.8) is 0 Å². The lowest BCUT2D eigenvalue weighted by molar-refractivity contribution is -0.385. The molecule has 0 aromatic heterocycles. The van der Waals surface area contributed by atoms with Crippen LogP contribution in [0.3, 0.4) is 0 Å². The number of benzene rings is 10. The molecule has 0 unspecified atom stereocenters. The van der Waals surface area contributed by atoms with Gasteiger partial charge in [0, 0.05) is 48.2 Å². The van der Waals surface area contributed by atoms with E-state index in [1.54, 1.807) is 45.2 Å². The molecule has 0 radical (unpaired) electrons. The number of hydrogen-bond donors (Lipinski definition) is 1. The molecule has 2 aliphatic rings. The summed E-state index contributed by atoms with van der Waals surface area (Å²) in [4.78, 5) is 0. The molecule has 113 heavy (non-hydrogen) atoms. The van der Waals surface area contributed by atoms with E-state index < -0.39 is 101 Å². The van der Waals surface area contributed by atoms with Crippen molar-refractivity contribution in [1.82, 2.24) is 0 Å². The molecule has 0 bridgehead atoms. The number of ether oxygens (including phenoxy) is 12. The Labute approximate surface area is 673 Å². The first-order chi connectivity index (χ1) is 54.7. The Kier molecular flexibility index (Phi) is 30.7. The van der Waals surface area contributed by atoms with Crippen LogP contribution in [0.1, 0.15) is 115 Å². The summed E-state index contributed by atoms with van der Waals surface area (Å²) >= 11 is 13.6. The average Bonchev–Trinajstić information content (AvgIpc) is 0.734. The minimum absolute atomic E-state index is 0.0176. The molecule has 2 fully saturated rings. The highest BCUT2D eigenvalue weighted by Gasteiger charge is 2.61. The Morgan fingerprint density at radius 3 is 1.02 bits per heavy atom. The first-order valence-corrected chi connectivity index (χ1v) is 39.6. The molecule has 0 saturated carbocycles. The van der Waals surface area contributed by atoms with E-state index in [0.29, 0.717) is 49.2 Å². The van der Waals surface area contributed by atoms with E-state index in [4.69, 9.17) is 84.5 Å². The molecule has 2 heterocycles. The maximum absolute atomic E-state index is 15.6. The zero-order chi connectivity index (χ0) is 80.1. The van der Waals surface area contributed by atoms with Gasteiger partial charge >= 0.3 is 0 Å². The van der Waals surface area contributed by atoms with E-state index in [1.165, 1.54) is 31.4 Å². The highest BCUT2D eigenvalue weighted by Crippen LogP contribution is 2.50. The normalized spacial score (nSPS) is 21.2. The van der Waals surface area contributed by atoms with Crippen LogP contribution in [0.4, 0.5) is 17.6 Å². The third kappa shape index (κ3) is 20.9. The van der Waals surface area contributed by atoms with E-state index in [2.05, 4.69) is 27.7 Å². The summed E-state index contributed by atoms with van der Waals surface area (Å²) in [6.07, 6.45) is -6.11. The Morgan fingerprint density at radius 1 is 0.398 bits per heavy atom. The second kappa shape index (κ2) is 40.4. The van der Waals surface area contributed by atoms with E-state index in [1.807, 2.05) is 194 Å². The maximum Gasteiger partial charge on any atom is 0.225 e. The highest BCUT2D eigenvalue weighted by atomic mass is 35.5. The number of halogens is 6. The van der Waals surface area contributed by atoms with Gasteiger partial charge in [-0.1, -0.05) is 243 Å². The van der Waals surface area contributed by atoms with Crippen LogP contribution in [0.2, 0.25) is 10.0 Å². The standard InChI is InChI=1S/C49H57ClF2O7Si.C43H43ClF2O7/c1-7-54-40-26-23-36(42(51)43(40)52)27-37-28-38(24-25-39(37)50)49(53-6)46(57-32-35-21-15-10-16-22-35)45(56-31-34-19-13-9-14-20-34)44(55-30-33-17-11-8-12-18-33)41(58-49)29-47(2,3)48(4,5)59-60;1-3-49-36-22-19-32(38(45)39(36)46)23-33-24-34(20-21-35(33)44)43(48-2)42(52-28-31-17-11-6-12-18-31)41(51-27-30-15-9-5-10-16-30)40(37(25-47)53-43)50-26-29-13-7-4-8-14-29/h8-26,28,41,44-46H,7,27,29-32H2,1-6,60H3;4-22,24,37,40-42,47H,3,23,25-28H2,1-2H3/t41-,44-,45+,46-,49+;37-,40-,41+,42-,43+/m11/s1. The van der Waals surface area contributed by atoms with Crippen LogP contribution in [0.5, 0.6) is 11.5 Å². The fourth-order valence-electron chi connectivity index (χ4n) is 14.3. The van der Waals surface area contributed by atoms with Gasteiger partial charge in [-0.25, -0.2) is 8.78 Å². The van der Waals surface area contributed by atoms with Crippen molar-refractivity contribution in [3.8, 4) is 11.5 Å². The Balaban J connectivity index is 0.000000225. The van der Waals surface area contributed by atoms with Crippen molar-refractivity contribution < 1.29 is 83.9 Å². The molecule has 12 rings (SSSR count). The van der Waals surface area contributed by atoms with E-state index in [-0.39, 0.29) is 88.3 Å². The molecule has 10 atom stereocenters. The van der Waals surface area contributed by atoms with Crippen LogP contribution >= 0.6 is 23.2 Å². The molecule has 21 heteroatoms. The summed E-state index contributed by atoms with van der Waals surface area (Å²) in [7, 11) is 3.61. The Bertz CT molecular complexity index is 4610. The van der Waals surface area contributed by atoms with Crippen LogP contribution < -0.4 is 9.47 Å². The van der Waals surface area contributed by atoms with Crippen molar-refractivity contribution in [3.05, 3.63) is 343 Å². The van der Waals surface area contributed by atoms with Gasteiger partial charge in [0.05, 0.1) is 71.2 Å². The van der Waals surface area contributed by atoms with Gasteiger partial charge in [0.15, 0.2) is 23.1 Å². The summed E-state index contributed by atoms with van der Waals surface area (Å²) in [5, 5.41) is 11.6. The van der Waals surface area contributed by atoms with Gasteiger partial charge in [0.1, 0.15) is 53.2 Å². The Morgan fingerprint density at radius 2 is 0.708 bits per heavy atom. The van der Waals surface area contributed by atoms with Crippen molar-refractivity contribution in [2.45, 2.75) is 166 Å². The molecule has 2 saturated heterocycles. The van der Waals surface area contributed by atoms with Gasteiger partial charge in [-0.15, -0.1) is 0 Å². The fraction of sp³-hybridized carbons (Fsp3) is 0.348. The van der Waals surface area contributed by atoms with Crippen LogP contribution in [0.25, 0.3) is 0 Å². The third-order valence-electron chi connectivity index (χ3n) is 21.2. The second-order valence-corrected chi connectivity index (χ2v) is 30.3. The van der Waals surface area contributed by atoms with Gasteiger partial charge in [-0.2, -0.15) is 8.78 Å². The van der Waals surface area contributed by atoms with E-state index >= 15 is 13.2 Å². The monoisotopic (exact) mass is 1600 g/mol. The van der Waals surface area contributed by atoms with Gasteiger partial charge in [-0.3, -0.25) is 0 Å². The molecule has 1 N–H and O–H groups in total. The van der Waals surface area contributed by atoms with Crippen molar-refractivity contribution >= 4 is 33.7 Å². The zero-order valence-corrected chi connectivity index (χ0v) is 68.7. The number of hydrogen-bond acceptors (Lipinski definition) is 14. The summed E-state index contributed by atoms with van der Waals surface area (Å²) in [5.74, 6) is -7.75. The molecule has 14 nitrogen and oxygen atoms in total. The highest BCUT2D eigenvalue weighted by molar-refractivity contribution is 6.31. The molecule has 0 spiro atoms. The average molecular weight is 1600 g/mol. The van der Waals surface area contributed by atoms with Crippen molar-refractivity contribution in [2.24, 2.45) is 5.41 Å². The topological polar surface area (TPSA) is 140 Å². The van der Waals surface area contributed by atoms with Gasteiger partial charge in [-0.05, 0) is 132 Å². The summed E-state index contributed by atoms with van der Waals surface area (Å²) in [6, 6.07) is 75.2. The third-order valence-corrected chi connectivity index (χ3v) is 23.0. The smallest absolute Gasteiger partial charge is 0.225 e. The number of aliphatic hydroxyl groups excluding tert-OH is 1. The van der Waals surface area contributed by atoms with Crippen LogP contribution in [0.15, 0.2) is 243 Å². The van der Waals surface area contributed by atoms with Crippen LogP contribution in [-0.4, -0.2) is 104 Å². The van der Waals surface area contributed by atoms with Crippen LogP contribution in [0, 0.1) is 28.7 Å². The molecule has 10 aromatic carbocycles. The maximum atomic E-state index is 15.6. The SMILES string of the molecule is CCOc1ccc(Cc2cc([C@]3(OC)O[C@H](CC(C)(C)C(C)(C)O[SiH3])[C@@H](OCc4ccccc4)[C@H](OCc4ccccc4)[C@H]3OCc3ccccc3)ccc2Cl)c(F)c1F.CCOc1ccc(Cc2cc([C@]3(OC)O[C@H](CO)[C@@H](OCc4ccccc4)[C@H](OCc4ccccc4)[C@H]3OCc3ccccc3)ccc2Cl)c(F)c1F. The van der Waals surface area contributed by atoms with Crippen LogP contribution in [-0.2, 0) is 116 Å². The van der Waals surface area contributed by atoms with E-state index in [9.17, 15) is 9.50 Å². The predicted octanol–water partition coefficient (Wildman–Crippen LogP) is 18.6. The molecular formula is C92H100Cl2F4O14Si. The number of rotatable bonds is 35. The molecule has 598 valence electrons. The summed E-state index contributed by atoms with van der Waals surface area (Å²) in [5.41, 5.74) is 6.94. The molecule has 0 aliphatic carbocycles. The Hall–Kier alpha value is -8.16. The second-order valence-electron chi connectivity index (χ2n) is 29.1. The molecule has 2 aliphatic heterocycles. The number of methoxy groups -OCH3 is 2. The predicted molar refractivity (Wildman–Crippen MR) is 431 cm³/mol. The van der Waals surface area contributed by atoms with Gasteiger partial charge in [0.2, 0.25) is 23.2 Å². The number of aliphatic hydroxyl groups is 1. The van der Waals surface area contributed by atoms with E-state index in [0.717, 1.165) is 33.4 Å².